The van der Waals surface area contributed by atoms with Crippen LogP contribution < -0.4 is 21.3 Å². The van der Waals surface area contributed by atoms with Crippen LogP contribution in [0.15, 0.2) is 30.6 Å². The van der Waals surface area contributed by atoms with E-state index in [1.165, 1.54) is 19.0 Å². The van der Waals surface area contributed by atoms with E-state index in [1.807, 2.05) is 11.7 Å². The zero-order chi connectivity index (χ0) is 42.0. The second kappa shape index (κ2) is 20.4. The van der Waals surface area contributed by atoms with Gasteiger partial charge in [0.1, 0.15) is 17.5 Å². The Morgan fingerprint density at radius 3 is 2.37 bits per heavy atom. The number of halogens is 1. The van der Waals surface area contributed by atoms with Crippen LogP contribution in [0.4, 0.5) is 16.0 Å². The molecule has 4 amide bonds. The highest BCUT2D eigenvalue weighted by molar-refractivity contribution is 6.25. The maximum Gasteiger partial charge on any atom is 0.264 e. The molecule has 4 aliphatic rings. The third-order valence-electron chi connectivity index (χ3n) is 11.4. The number of hydrogen-bond donors (Lipinski definition) is 4. The number of ketones is 1. The van der Waals surface area contributed by atoms with Gasteiger partial charge in [0.25, 0.3) is 11.8 Å². The average molecular weight is 832 g/mol. The molecule has 0 bridgehead atoms. The molecule has 60 heavy (non-hydrogen) atoms. The van der Waals surface area contributed by atoms with E-state index in [2.05, 4.69) is 36.3 Å². The number of hydrogen-bond acceptors (Lipinski definition) is 14. The first-order valence-electron chi connectivity index (χ1n) is 21.0. The van der Waals surface area contributed by atoms with Gasteiger partial charge in [-0.2, -0.15) is 5.10 Å². The number of imide groups is 2. The van der Waals surface area contributed by atoms with Crippen molar-refractivity contribution in [2.24, 2.45) is 13.0 Å². The van der Waals surface area contributed by atoms with E-state index < -0.39 is 35.5 Å². The summed E-state index contributed by atoms with van der Waals surface area (Å²) in [7, 11) is 1.89. The molecule has 3 aromatic rings. The predicted octanol–water partition coefficient (Wildman–Crippen LogP) is 3.19. The van der Waals surface area contributed by atoms with Gasteiger partial charge in [-0.15, -0.1) is 0 Å². The van der Waals surface area contributed by atoms with Crippen LogP contribution in [0, 0.1) is 11.7 Å². The summed E-state index contributed by atoms with van der Waals surface area (Å²) in [5.41, 5.74) is 2.90. The smallest absolute Gasteiger partial charge is 0.264 e. The number of piperidine rings is 1. The highest BCUT2D eigenvalue weighted by Crippen LogP contribution is 2.36. The normalized spacial score (nSPS) is 20.4. The number of benzene rings is 1. The van der Waals surface area contributed by atoms with Crippen LogP contribution in [0.25, 0.3) is 11.3 Å². The van der Waals surface area contributed by atoms with Crippen molar-refractivity contribution < 1.29 is 42.6 Å². The third kappa shape index (κ3) is 11.0. The molecule has 18 heteroatoms. The lowest BCUT2D eigenvalue weighted by molar-refractivity contribution is -0.136. The summed E-state index contributed by atoms with van der Waals surface area (Å²) in [5, 5.41) is 16.5. The Balaban J connectivity index is 0.688. The minimum absolute atomic E-state index is 0.0588. The van der Waals surface area contributed by atoms with Crippen molar-refractivity contribution in [2.75, 3.05) is 63.4 Å². The Morgan fingerprint density at radius 1 is 0.883 bits per heavy atom. The highest BCUT2D eigenvalue weighted by atomic mass is 19.1. The number of carbonyl (C=O) groups excluding carboxylic acids is 5. The lowest BCUT2D eigenvalue weighted by Crippen LogP contribution is -2.54. The zero-order valence-corrected chi connectivity index (χ0v) is 34.0. The van der Waals surface area contributed by atoms with Crippen molar-refractivity contribution in [2.45, 2.75) is 88.8 Å². The van der Waals surface area contributed by atoms with E-state index in [0.717, 1.165) is 48.3 Å². The standard InChI is InChI=1S/C42H54FN9O8/c1-51-35(22-26-7-8-26)31(24-47-51)38-32(43)25-46-42(50-38)48-28-11-9-27(10-12-28)45-23-29(53)4-3-16-58-18-20-60-21-19-59-17-15-44-33-6-2-5-30-37(33)41(57)52(40(30)56)34-13-14-36(54)49-39(34)55/h2,5-6,24-28,34,44-45H,3-4,7-23H2,1H3,(H,46,48,50)(H,49,54,55). The predicted molar refractivity (Wildman–Crippen MR) is 217 cm³/mol. The Bertz CT molecular complexity index is 2030. The van der Waals surface area contributed by atoms with E-state index in [9.17, 15) is 28.4 Å². The van der Waals surface area contributed by atoms with Gasteiger partial charge >= 0.3 is 0 Å². The molecule has 4 N–H and O–H groups in total. The summed E-state index contributed by atoms with van der Waals surface area (Å²) in [6.45, 7) is 3.01. The molecule has 2 aromatic heterocycles. The highest BCUT2D eigenvalue weighted by Gasteiger charge is 2.45. The molecule has 1 unspecified atom stereocenters. The Morgan fingerprint density at radius 2 is 1.62 bits per heavy atom. The van der Waals surface area contributed by atoms with Gasteiger partial charge in [0, 0.05) is 62.1 Å². The van der Waals surface area contributed by atoms with Crippen LogP contribution in [-0.4, -0.2) is 125 Å². The number of aryl methyl sites for hydroxylation is 1. The Hall–Kier alpha value is -5.17. The van der Waals surface area contributed by atoms with Crippen molar-refractivity contribution in [1.29, 1.82) is 0 Å². The van der Waals surface area contributed by atoms with E-state index in [0.29, 0.717) is 83.1 Å². The Kier molecular flexibility index (Phi) is 14.6. The topological polar surface area (TPSA) is 208 Å². The molecule has 0 spiro atoms. The largest absolute Gasteiger partial charge is 0.382 e. The first kappa shape index (κ1) is 42.9. The summed E-state index contributed by atoms with van der Waals surface area (Å²) >= 11 is 0. The lowest BCUT2D eigenvalue weighted by atomic mass is 9.91. The molecular formula is C42H54FN9O8. The number of carbonyl (C=O) groups is 5. The molecule has 1 aromatic carbocycles. The van der Waals surface area contributed by atoms with Crippen LogP contribution in [0.5, 0.6) is 0 Å². The molecule has 4 heterocycles. The second-order valence-corrected chi connectivity index (χ2v) is 15.8. The quantitative estimate of drug-likeness (QED) is 0.0800. The molecule has 1 saturated heterocycles. The van der Waals surface area contributed by atoms with Gasteiger partial charge in [-0.25, -0.2) is 14.4 Å². The first-order valence-corrected chi connectivity index (χ1v) is 21.0. The van der Waals surface area contributed by atoms with Crippen molar-refractivity contribution in [3.8, 4) is 11.3 Å². The summed E-state index contributed by atoms with van der Waals surface area (Å²) < 4.78 is 33.5. The molecular weight excluding hydrogens is 778 g/mol. The van der Waals surface area contributed by atoms with Gasteiger partial charge < -0.3 is 30.2 Å². The molecule has 1 atom stereocenters. The van der Waals surface area contributed by atoms with E-state index in [4.69, 9.17) is 14.2 Å². The molecule has 3 fully saturated rings. The van der Waals surface area contributed by atoms with Gasteiger partial charge in [-0.05, 0) is 75.8 Å². The van der Waals surface area contributed by atoms with Crippen LogP contribution in [0.1, 0.15) is 90.6 Å². The number of aromatic nitrogens is 4. The molecule has 7 rings (SSSR count). The van der Waals surface area contributed by atoms with Crippen LogP contribution in [-0.2, 0) is 42.1 Å². The first-order chi connectivity index (χ1) is 29.2. The molecule has 2 saturated carbocycles. The van der Waals surface area contributed by atoms with Crippen molar-refractivity contribution in [3.05, 3.63) is 53.2 Å². The number of Topliss-reactive ketones (excluding diaryl/α,β-unsaturated/α-hetero) is 1. The fourth-order valence-corrected chi connectivity index (χ4v) is 7.93. The molecule has 2 aliphatic heterocycles. The summed E-state index contributed by atoms with van der Waals surface area (Å²) in [4.78, 5) is 72.3. The molecule has 2 aliphatic carbocycles. The monoisotopic (exact) mass is 831 g/mol. The van der Waals surface area contributed by atoms with Crippen LogP contribution in [0.2, 0.25) is 0 Å². The third-order valence-corrected chi connectivity index (χ3v) is 11.4. The molecule has 322 valence electrons. The minimum Gasteiger partial charge on any atom is -0.382 e. The summed E-state index contributed by atoms with van der Waals surface area (Å²) in [6, 6.07) is 4.31. The number of amides is 4. The average Bonchev–Trinajstić information content (AvgIpc) is 3.94. The van der Waals surface area contributed by atoms with E-state index in [1.54, 1.807) is 24.4 Å². The van der Waals surface area contributed by atoms with Crippen LogP contribution in [0.3, 0.4) is 0 Å². The number of anilines is 2. The Labute approximate surface area is 347 Å². The van der Waals surface area contributed by atoms with Gasteiger partial charge in [0.2, 0.25) is 17.8 Å². The molecule has 0 radical (unpaired) electrons. The second-order valence-electron chi connectivity index (χ2n) is 15.8. The fourth-order valence-electron chi connectivity index (χ4n) is 7.93. The maximum absolute atomic E-state index is 14.8. The van der Waals surface area contributed by atoms with Crippen molar-refractivity contribution >= 4 is 41.0 Å². The number of ether oxygens (including phenoxy) is 3. The number of nitrogens with zero attached hydrogens (tertiary/aromatic N) is 5. The minimum atomic E-state index is -1.02. The fraction of sp³-hybridized carbons (Fsp3) is 0.571. The van der Waals surface area contributed by atoms with E-state index in [-0.39, 0.29) is 47.5 Å². The SMILES string of the molecule is Cn1ncc(-c2nc(NC3CCC(NCC(=O)CCCOCCOCCOCCNc4cccc5c4C(=O)N(C4CCC(=O)NC4=O)C5=O)CC3)ncc2F)c1CC1CC1. The van der Waals surface area contributed by atoms with Gasteiger partial charge in [-0.3, -0.25) is 38.9 Å². The maximum atomic E-state index is 14.8. The summed E-state index contributed by atoms with van der Waals surface area (Å²) in [6.07, 6.45) is 11.0. The molecule has 17 nitrogen and oxygen atoms in total. The summed E-state index contributed by atoms with van der Waals surface area (Å²) in [5.74, 6) is -1.44. The number of rotatable bonds is 23. The van der Waals surface area contributed by atoms with Crippen molar-refractivity contribution in [3.63, 3.8) is 0 Å². The number of fused-ring (bicyclic) bond motifs is 1. The van der Waals surface area contributed by atoms with Crippen LogP contribution >= 0.6 is 0 Å². The lowest BCUT2D eigenvalue weighted by Gasteiger charge is -2.29. The zero-order valence-electron chi connectivity index (χ0n) is 34.0. The van der Waals surface area contributed by atoms with Gasteiger partial charge in [-0.1, -0.05) is 6.07 Å². The number of nitrogens with one attached hydrogen (secondary N) is 4. The van der Waals surface area contributed by atoms with Crippen molar-refractivity contribution in [1.82, 2.24) is 35.3 Å². The van der Waals surface area contributed by atoms with E-state index >= 15 is 0 Å². The van der Waals surface area contributed by atoms with Gasteiger partial charge in [0.05, 0.1) is 63.1 Å². The van der Waals surface area contributed by atoms with Gasteiger partial charge in [0.15, 0.2) is 5.82 Å².